The summed E-state index contributed by atoms with van der Waals surface area (Å²) in [5, 5.41) is 13.0. The van der Waals surface area contributed by atoms with E-state index in [1.165, 1.54) is 24.0 Å². The molecule has 0 spiro atoms. The second kappa shape index (κ2) is 8.44. The molecule has 0 unspecified atom stereocenters. The Bertz CT molecular complexity index is 834. The van der Waals surface area contributed by atoms with Crippen LogP contribution >= 0.6 is 11.8 Å². The van der Waals surface area contributed by atoms with Crippen molar-refractivity contribution in [3.8, 4) is 11.8 Å². The number of nitriles is 1. The summed E-state index contributed by atoms with van der Waals surface area (Å²) in [5.74, 6) is 6.19. The lowest BCUT2D eigenvalue weighted by atomic mass is 10.1. The molecular formula is C17H16F2N4OS. The fraction of sp³-hybridized carbons (Fsp3) is 0.235. The fourth-order valence-corrected chi connectivity index (χ4v) is 3.28. The number of benzene rings is 1. The van der Waals surface area contributed by atoms with Crippen molar-refractivity contribution in [2.45, 2.75) is 24.1 Å². The third-order valence-corrected chi connectivity index (χ3v) is 4.46. The van der Waals surface area contributed by atoms with Gasteiger partial charge in [0.05, 0.1) is 18.9 Å². The van der Waals surface area contributed by atoms with Gasteiger partial charge in [0.25, 0.3) is 6.43 Å². The minimum atomic E-state index is -2.69. The lowest BCUT2D eigenvalue weighted by Crippen LogP contribution is -1.99. The lowest BCUT2D eigenvalue weighted by Gasteiger charge is -2.11. The number of alkyl halides is 2. The van der Waals surface area contributed by atoms with Crippen molar-refractivity contribution < 1.29 is 13.5 Å². The minimum absolute atomic E-state index is 0.276. The zero-order chi connectivity index (χ0) is 18.4. The van der Waals surface area contributed by atoms with Crippen LogP contribution in [-0.4, -0.2) is 18.3 Å². The Labute approximate surface area is 148 Å². The highest BCUT2D eigenvalue weighted by Gasteiger charge is 2.17. The lowest BCUT2D eigenvalue weighted by molar-refractivity contribution is 0.145. The van der Waals surface area contributed by atoms with Crippen LogP contribution in [-0.2, 0) is 5.75 Å². The highest BCUT2D eigenvalue weighted by Crippen LogP contribution is 2.32. The summed E-state index contributed by atoms with van der Waals surface area (Å²) in [4.78, 5) is 3.94. The molecule has 0 saturated carbocycles. The first kappa shape index (κ1) is 18.7. The Kier molecular flexibility index (Phi) is 6.31. The Morgan fingerprint density at radius 2 is 2.20 bits per heavy atom. The number of nitrogens with two attached hydrogens (primary N) is 1. The average molecular weight is 362 g/mol. The average Bonchev–Trinajstić information content (AvgIpc) is 2.59. The number of rotatable bonds is 6. The number of aryl methyl sites for hydroxylation is 1. The smallest absolute Gasteiger partial charge is 0.280 e. The summed E-state index contributed by atoms with van der Waals surface area (Å²) in [7, 11) is 1.54. The first-order valence-corrected chi connectivity index (χ1v) is 8.21. The van der Waals surface area contributed by atoms with E-state index in [1.54, 1.807) is 26.2 Å². The van der Waals surface area contributed by atoms with E-state index in [0.717, 1.165) is 11.1 Å². The molecule has 2 aromatic rings. The van der Waals surface area contributed by atoms with Crippen LogP contribution in [0.5, 0.6) is 5.75 Å². The maximum Gasteiger partial charge on any atom is 0.280 e. The van der Waals surface area contributed by atoms with Gasteiger partial charge in [-0.25, -0.2) is 13.8 Å². The molecule has 1 heterocycles. The van der Waals surface area contributed by atoms with E-state index >= 15 is 0 Å². The van der Waals surface area contributed by atoms with Crippen LogP contribution in [0.15, 0.2) is 34.4 Å². The Morgan fingerprint density at radius 1 is 1.44 bits per heavy atom. The van der Waals surface area contributed by atoms with Gasteiger partial charge >= 0.3 is 0 Å². The zero-order valence-corrected chi connectivity index (χ0v) is 14.5. The molecule has 0 atom stereocenters. The van der Waals surface area contributed by atoms with Crippen molar-refractivity contribution in [3.05, 3.63) is 52.2 Å². The molecule has 0 aliphatic rings. The number of hydrogen-bond donors (Lipinski definition) is 1. The Hall–Kier alpha value is -2.66. The predicted octanol–water partition coefficient (Wildman–Crippen LogP) is 3.79. The van der Waals surface area contributed by atoms with Gasteiger partial charge in [0, 0.05) is 11.3 Å². The third kappa shape index (κ3) is 4.45. The summed E-state index contributed by atoms with van der Waals surface area (Å²) in [5.41, 5.74) is 2.04. The third-order valence-electron chi connectivity index (χ3n) is 3.43. The van der Waals surface area contributed by atoms with Crippen LogP contribution in [0.2, 0.25) is 0 Å². The molecule has 8 heteroatoms. The largest absolute Gasteiger partial charge is 0.496 e. The van der Waals surface area contributed by atoms with Crippen molar-refractivity contribution in [3.63, 3.8) is 0 Å². The van der Waals surface area contributed by atoms with Crippen molar-refractivity contribution >= 4 is 18.0 Å². The van der Waals surface area contributed by atoms with Gasteiger partial charge < -0.3 is 10.6 Å². The number of ether oxygens (including phenoxy) is 1. The van der Waals surface area contributed by atoms with E-state index < -0.39 is 6.43 Å². The molecule has 1 aromatic carbocycles. The van der Waals surface area contributed by atoms with Gasteiger partial charge in [0.1, 0.15) is 22.5 Å². The second-order valence-corrected chi connectivity index (χ2v) is 6.06. The molecule has 0 fully saturated rings. The van der Waals surface area contributed by atoms with Gasteiger partial charge in [-0.1, -0.05) is 0 Å². The van der Waals surface area contributed by atoms with Crippen LogP contribution in [0.25, 0.3) is 0 Å². The summed E-state index contributed by atoms with van der Waals surface area (Å²) < 4.78 is 31.3. The molecule has 5 nitrogen and oxygen atoms in total. The molecule has 0 aliphatic carbocycles. The van der Waals surface area contributed by atoms with E-state index in [9.17, 15) is 14.0 Å². The van der Waals surface area contributed by atoms with Gasteiger partial charge in [-0.05, 0) is 42.3 Å². The van der Waals surface area contributed by atoms with E-state index in [0.29, 0.717) is 22.6 Å². The Morgan fingerprint density at radius 3 is 2.80 bits per heavy atom. The second-order valence-electron chi connectivity index (χ2n) is 5.09. The molecule has 2 rings (SSSR count). The van der Waals surface area contributed by atoms with E-state index in [4.69, 9.17) is 10.6 Å². The highest BCUT2D eigenvalue weighted by atomic mass is 32.2. The maximum atomic E-state index is 13.0. The quantitative estimate of drug-likeness (QED) is 0.366. The number of aromatic nitrogens is 1. The van der Waals surface area contributed by atoms with Gasteiger partial charge in [-0.15, -0.1) is 11.8 Å². The fourth-order valence-electron chi connectivity index (χ4n) is 2.24. The normalized spacial score (nSPS) is 11.0. The molecule has 130 valence electrons. The van der Waals surface area contributed by atoms with Crippen LogP contribution in [0.3, 0.4) is 0 Å². The predicted molar refractivity (Wildman–Crippen MR) is 93.0 cm³/mol. The first-order valence-electron chi connectivity index (χ1n) is 7.23. The number of nitrogens with zero attached hydrogens (tertiary/aromatic N) is 3. The maximum absolute atomic E-state index is 13.0. The van der Waals surface area contributed by atoms with Crippen molar-refractivity contribution in [1.82, 2.24) is 4.98 Å². The molecule has 0 radical (unpaired) electrons. The van der Waals surface area contributed by atoms with Crippen LogP contribution in [0.4, 0.5) is 8.78 Å². The monoisotopic (exact) mass is 362 g/mol. The number of hydrazone groups is 1. The topological polar surface area (TPSA) is 84.3 Å². The molecule has 2 N–H and O–H groups in total. The molecular weight excluding hydrogens is 346 g/mol. The van der Waals surface area contributed by atoms with E-state index in [1.807, 2.05) is 12.1 Å². The van der Waals surface area contributed by atoms with Gasteiger partial charge in [-0.3, -0.25) is 0 Å². The van der Waals surface area contributed by atoms with Crippen LogP contribution in [0.1, 0.15) is 34.4 Å². The molecule has 25 heavy (non-hydrogen) atoms. The van der Waals surface area contributed by atoms with E-state index in [-0.39, 0.29) is 10.7 Å². The first-order chi connectivity index (χ1) is 12.0. The van der Waals surface area contributed by atoms with E-state index in [2.05, 4.69) is 10.1 Å². The number of hydrogen-bond acceptors (Lipinski definition) is 6. The van der Waals surface area contributed by atoms with Gasteiger partial charge in [-0.2, -0.15) is 10.4 Å². The zero-order valence-electron chi connectivity index (χ0n) is 13.7. The number of pyridine rings is 1. The SMILES string of the molecule is COc1ccc(C=NN)cc1CSc1nc(C(F)F)cc(C)c1C#N. The van der Waals surface area contributed by atoms with Crippen LogP contribution in [0, 0.1) is 18.3 Å². The number of thioether (sulfide) groups is 1. The standard InChI is InChI=1S/C17H16F2N4OS/c1-10-5-14(16(18)19)23-17(13(10)7-20)25-9-12-6-11(8-22-21)3-4-15(12)24-2/h3-6,8,16H,9,21H2,1-2H3. The van der Waals surface area contributed by atoms with Crippen molar-refractivity contribution in [1.29, 1.82) is 5.26 Å². The molecule has 0 bridgehead atoms. The minimum Gasteiger partial charge on any atom is -0.496 e. The highest BCUT2D eigenvalue weighted by molar-refractivity contribution is 7.98. The Balaban J connectivity index is 2.35. The molecule has 0 saturated heterocycles. The van der Waals surface area contributed by atoms with Crippen LogP contribution < -0.4 is 10.6 Å². The summed E-state index contributed by atoms with van der Waals surface area (Å²) >= 11 is 1.20. The number of methoxy groups -OCH3 is 1. The summed E-state index contributed by atoms with van der Waals surface area (Å²) in [6.45, 7) is 1.62. The molecule has 0 aliphatic heterocycles. The molecule has 1 aromatic heterocycles. The van der Waals surface area contributed by atoms with Crippen molar-refractivity contribution in [2.75, 3.05) is 7.11 Å². The van der Waals surface area contributed by atoms with Crippen molar-refractivity contribution in [2.24, 2.45) is 10.9 Å². The molecule has 0 amide bonds. The van der Waals surface area contributed by atoms with Gasteiger partial charge in [0.15, 0.2) is 0 Å². The summed E-state index contributed by atoms with van der Waals surface area (Å²) in [6, 6.07) is 8.67. The summed E-state index contributed by atoms with van der Waals surface area (Å²) in [6.07, 6.45) is -1.20. The number of halogens is 2. The van der Waals surface area contributed by atoms with Gasteiger partial charge in [0.2, 0.25) is 0 Å².